The van der Waals surface area contributed by atoms with Gasteiger partial charge in [0.15, 0.2) is 0 Å². The first-order chi connectivity index (χ1) is 6.88. The van der Waals surface area contributed by atoms with Crippen molar-refractivity contribution in [3.05, 3.63) is 0 Å². The first-order valence-corrected chi connectivity index (χ1v) is 5.61. The van der Waals surface area contributed by atoms with Crippen LogP contribution in [0.2, 0.25) is 0 Å². The molecule has 0 aromatic rings. The molecule has 1 unspecified atom stereocenters. The van der Waals surface area contributed by atoms with Crippen LogP contribution in [-0.4, -0.2) is 18.2 Å². The van der Waals surface area contributed by atoms with Gasteiger partial charge in [-0.15, -0.1) is 0 Å². The molecule has 0 saturated heterocycles. The van der Waals surface area contributed by atoms with E-state index in [1.165, 1.54) is 0 Å². The molecule has 0 radical (unpaired) electrons. The molecule has 0 heterocycles. The van der Waals surface area contributed by atoms with Gasteiger partial charge in [0.25, 0.3) is 0 Å². The minimum absolute atomic E-state index is 0.0864. The van der Waals surface area contributed by atoms with Gasteiger partial charge < -0.3 is 10.1 Å². The molecule has 0 rings (SSSR count). The highest BCUT2D eigenvalue weighted by molar-refractivity contribution is 5.76. The number of carbonyl (C=O) groups excluding carboxylic acids is 2. The molecule has 0 aliphatic carbocycles. The van der Waals surface area contributed by atoms with Crippen molar-refractivity contribution in [2.24, 2.45) is 5.41 Å². The van der Waals surface area contributed by atoms with Gasteiger partial charge in [-0.25, -0.2) is 0 Å². The van der Waals surface area contributed by atoms with Crippen molar-refractivity contribution >= 4 is 12.2 Å². The van der Waals surface area contributed by atoms with Crippen LogP contribution in [0.25, 0.3) is 0 Å². The summed E-state index contributed by atoms with van der Waals surface area (Å²) in [6.07, 6.45) is 3.58. The molecular weight excluding hydrogens is 190 g/mol. The molecule has 0 spiro atoms. The highest BCUT2D eigenvalue weighted by Gasteiger charge is 2.21. The quantitative estimate of drug-likeness (QED) is 0.543. The third-order valence-corrected chi connectivity index (χ3v) is 2.65. The lowest BCUT2D eigenvalue weighted by Gasteiger charge is -2.28. The molecule has 0 aliphatic rings. The Morgan fingerprint density at radius 3 is 2.40 bits per heavy atom. The monoisotopic (exact) mass is 213 g/mol. The van der Waals surface area contributed by atoms with E-state index in [-0.39, 0.29) is 17.4 Å². The van der Waals surface area contributed by atoms with Gasteiger partial charge in [0.1, 0.15) is 6.29 Å². The van der Waals surface area contributed by atoms with Crippen LogP contribution in [0.5, 0.6) is 0 Å². The van der Waals surface area contributed by atoms with E-state index in [4.69, 9.17) is 0 Å². The second-order valence-corrected chi connectivity index (χ2v) is 5.07. The second kappa shape index (κ2) is 6.59. The number of carbonyl (C=O) groups is 2. The molecule has 0 aromatic heterocycles. The summed E-state index contributed by atoms with van der Waals surface area (Å²) in [7, 11) is 0. The van der Waals surface area contributed by atoms with Gasteiger partial charge in [-0.3, -0.25) is 4.79 Å². The third kappa shape index (κ3) is 7.11. The first-order valence-electron chi connectivity index (χ1n) is 5.61. The molecule has 0 aliphatic heterocycles. The Morgan fingerprint density at radius 2 is 1.93 bits per heavy atom. The summed E-state index contributed by atoms with van der Waals surface area (Å²) in [4.78, 5) is 21.5. The summed E-state index contributed by atoms with van der Waals surface area (Å²) in [6, 6.07) is 0.177. The Morgan fingerprint density at radius 1 is 1.33 bits per heavy atom. The molecular formula is C12H23NO2. The number of rotatable bonds is 6. The molecule has 0 bridgehead atoms. The molecule has 3 nitrogen and oxygen atoms in total. The first kappa shape index (κ1) is 14.1. The normalized spacial score (nSPS) is 13.3. The summed E-state index contributed by atoms with van der Waals surface area (Å²) in [6.45, 7) is 8.32. The number of hydrogen-bond acceptors (Lipinski definition) is 2. The Bertz CT molecular complexity index is 206. The average Bonchev–Trinajstić information content (AvgIpc) is 2.11. The van der Waals surface area contributed by atoms with Crippen molar-refractivity contribution in [3.8, 4) is 0 Å². The van der Waals surface area contributed by atoms with E-state index in [0.29, 0.717) is 12.8 Å². The van der Waals surface area contributed by atoms with Crippen LogP contribution in [-0.2, 0) is 9.59 Å². The van der Waals surface area contributed by atoms with Crippen LogP contribution < -0.4 is 5.32 Å². The topological polar surface area (TPSA) is 46.2 Å². The number of amides is 1. The van der Waals surface area contributed by atoms with E-state index >= 15 is 0 Å². The smallest absolute Gasteiger partial charge is 0.220 e. The van der Waals surface area contributed by atoms with E-state index in [2.05, 4.69) is 26.1 Å². The number of unbranched alkanes of at least 4 members (excludes halogenated alkanes) is 2. The molecule has 3 heteroatoms. The Hall–Kier alpha value is -0.860. The van der Waals surface area contributed by atoms with Crippen LogP contribution in [0.15, 0.2) is 0 Å². The average molecular weight is 213 g/mol. The summed E-state index contributed by atoms with van der Waals surface area (Å²) in [5.74, 6) is 0.0864. The molecule has 0 saturated carbocycles. The van der Waals surface area contributed by atoms with Crippen LogP contribution >= 0.6 is 0 Å². The minimum Gasteiger partial charge on any atom is -0.353 e. The fourth-order valence-electron chi connectivity index (χ4n) is 1.04. The minimum atomic E-state index is 0.0864. The lowest BCUT2D eigenvalue weighted by Crippen LogP contribution is -2.41. The van der Waals surface area contributed by atoms with E-state index in [9.17, 15) is 9.59 Å². The number of nitrogens with one attached hydrogen (secondary N) is 1. The van der Waals surface area contributed by atoms with Crippen molar-refractivity contribution < 1.29 is 9.59 Å². The van der Waals surface area contributed by atoms with E-state index in [0.717, 1.165) is 19.1 Å². The molecule has 1 atom stereocenters. The number of aldehydes is 1. The van der Waals surface area contributed by atoms with Crippen LogP contribution in [0.4, 0.5) is 0 Å². The predicted octanol–water partition coefficient (Wildman–Crippen LogP) is 2.30. The lowest BCUT2D eigenvalue weighted by molar-refractivity contribution is -0.122. The van der Waals surface area contributed by atoms with Gasteiger partial charge in [-0.1, -0.05) is 20.8 Å². The molecule has 1 N–H and O–H groups in total. The SMILES string of the molecule is CC(NC(=O)CCCCC=O)C(C)(C)C. The highest BCUT2D eigenvalue weighted by atomic mass is 16.1. The molecule has 88 valence electrons. The van der Waals surface area contributed by atoms with Gasteiger partial charge >= 0.3 is 0 Å². The maximum atomic E-state index is 11.5. The van der Waals surface area contributed by atoms with Crippen molar-refractivity contribution in [1.82, 2.24) is 5.32 Å². The summed E-state index contributed by atoms with van der Waals surface area (Å²) in [5, 5.41) is 2.97. The second-order valence-electron chi connectivity index (χ2n) is 5.07. The standard InChI is InChI=1S/C12H23NO2/c1-10(12(2,3)4)13-11(15)8-6-5-7-9-14/h9-10H,5-8H2,1-4H3,(H,13,15). The van der Waals surface area contributed by atoms with Gasteiger partial charge in [-0.05, 0) is 25.2 Å². The fraction of sp³-hybridized carbons (Fsp3) is 0.833. The van der Waals surface area contributed by atoms with Crippen LogP contribution in [0, 0.1) is 5.41 Å². The van der Waals surface area contributed by atoms with Gasteiger partial charge in [0.2, 0.25) is 5.91 Å². The molecule has 0 fully saturated rings. The maximum Gasteiger partial charge on any atom is 0.220 e. The maximum absolute atomic E-state index is 11.5. The zero-order valence-corrected chi connectivity index (χ0v) is 10.3. The van der Waals surface area contributed by atoms with Gasteiger partial charge in [-0.2, -0.15) is 0 Å². The summed E-state index contributed by atoms with van der Waals surface area (Å²) >= 11 is 0. The van der Waals surface area contributed by atoms with Gasteiger partial charge in [0.05, 0.1) is 0 Å². The fourth-order valence-corrected chi connectivity index (χ4v) is 1.04. The Balaban J connectivity index is 3.70. The Kier molecular flexibility index (Phi) is 6.21. The van der Waals surface area contributed by atoms with E-state index in [1.54, 1.807) is 0 Å². The lowest BCUT2D eigenvalue weighted by atomic mass is 9.88. The van der Waals surface area contributed by atoms with Crippen molar-refractivity contribution in [3.63, 3.8) is 0 Å². The van der Waals surface area contributed by atoms with E-state index in [1.807, 2.05) is 6.92 Å². The zero-order chi connectivity index (χ0) is 11.9. The van der Waals surface area contributed by atoms with Crippen molar-refractivity contribution in [2.45, 2.75) is 59.4 Å². The molecule has 15 heavy (non-hydrogen) atoms. The predicted molar refractivity (Wildman–Crippen MR) is 61.6 cm³/mol. The summed E-state index contributed by atoms with van der Waals surface area (Å²) < 4.78 is 0. The van der Waals surface area contributed by atoms with E-state index < -0.39 is 0 Å². The Labute approximate surface area is 92.6 Å². The van der Waals surface area contributed by atoms with Gasteiger partial charge in [0, 0.05) is 18.9 Å². The zero-order valence-electron chi connectivity index (χ0n) is 10.3. The summed E-state index contributed by atoms with van der Waals surface area (Å²) in [5.41, 5.74) is 0.0957. The van der Waals surface area contributed by atoms with Crippen molar-refractivity contribution in [1.29, 1.82) is 0 Å². The van der Waals surface area contributed by atoms with Crippen LogP contribution in [0.1, 0.15) is 53.4 Å². The molecule has 0 aromatic carbocycles. The highest BCUT2D eigenvalue weighted by Crippen LogP contribution is 2.18. The largest absolute Gasteiger partial charge is 0.353 e. The van der Waals surface area contributed by atoms with Crippen LogP contribution in [0.3, 0.4) is 0 Å². The molecule has 1 amide bonds. The van der Waals surface area contributed by atoms with Crippen molar-refractivity contribution in [2.75, 3.05) is 0 Å². The number of hydrogen-bond donors (Lipinski definition) is 1. The third-order valence-electron chi connectivity index (χ3n) is 2.65.